The molecule has 0 atom stereocenters. The Labute approximate surface area is 68.7 Å². The molecule has 11 heavy (non-hydrogen) atoms. The number of hydrogen-bond donors (Lipinski definition) is 2. The molecular weight excluding hydrogens is 190 g/mol. The summed E-state index contributed by atoms with van der Waals surface area (Å²) in [5.41, 5.74) is 0. The number of thiocarbonyl (C=S) groups is 1. The highest BCUT2D eigenvalue weighted by Gasteiger charge is 2.27. The maximum Gasteiger partial charge on any atom is 0.338 e. The van der Waals surface area contributed by atoms with Crippen LogP contribution in [-0.4, -0.2) is 31.5 Å². The molecule has 0 aromatic heterocycles. The first-order valence-electron chi connectivity index (χ1n) is 2.54. The highest BCUT2D eigenvalue weighted by molar-refractivity contribution is 7.91. The molecule has 8 heteroatoms. The number of nitrogens with zero attached hydrogens (tertiary/aromatic N) is 1. The van der Waals surface area contributed by atoms with E-state index < -0.39 is 16.2 Å². The predicted molar refractivity (Wildman–Crippen MR) is 40.9 cm³/mol. The van der Waals surface area contributed by atoms with Gasteiger partial charge in [0.05, 0.1) is 0 Å². The van der Waals surface area contributed by atoms with Gasteiger partial charge in [-0.3, -0.25) is 4.90 Å². The summed E-state index contributed by atoms with van der Waals surface area (Å²) in [5, 5.41) is -0.131. The lowest BCUT2D eigenvalue weighted by molar-refractivity contribution is 0.230. The Morgan fingerprint density at radius 1 is 1.45 bits per heavy atom. The van der Waals surface area contributed by atoms with E-state index in [-0.39, 0.29) is 5.11 Å². The quantitative estimate of drug-likeness (QED) is 0.474. The standard InChI is InChI=1S/C3H5N3O3S2/c1-6-2(7)4-11(8,9)5-3(6)10/h1H3,(H,4,7)(H,5,10). The van der Waals surface area contributed by atoms with Gasteiger partial charge in [-0.25, -0.2) is 14.2 Å². The Kier molecular flexibility index (Phi) is 1.72. The van der Waals surface area contributed by atoms with E-state index in [1.165, 1.54) is 7.05 Å². The van der Waals surface area contributed by atoms with Crippen molar-refractivity contribution in [2.75, 3.05) is 7.05 Å². The van der Waals surface area contributed by atoms with Crippen molar-refractivity contribution in [1.29, 1.82) is 0 Å². The molecule has 0 unspecified atom stereocenters. The largest absolute Gasteiger partial charge is 0.338 e. The number of amides is 2. The summed E-state index contributed by atoms with van der Waals surface area (Å²) in [5.74, 6) is 0. The van der Waals surface area contributed by atoms with Crippen LogP contribution in [0.3, 0.4) is 0 Å². The average molecular weight is 195 g/mol. The first-order chi connectivity index (χ1) is 4.92. The molecule has 1 heterocycles. The minimum Gasteiger partial charge on any atom is -0.272 e. The summed E-state index contributed by atoms with van der Waals surface area (Å²) in [4.78, 5) is 11.7. The zero-order valence-corrected chi connectivity index (χ0v) is 7.12. The summed E-state index contributed by atoms with van der Waals surface area (Å²) >= 11 is 4.53. The fourth-order valence-corrected chi connectivity index (χ4v) is 1.68. The van der Waals surface area contributed by atoms with Gasteiger partial charge in [-0.05, 0) is 12.2 Å². The Hall–Kier alpha value is -0.890. The monoisotopic (exact) mass is 195 g/mol. The molecule has 0 aromatic rings. The Morgan fingerprint density at radius 3 is 2.45 bits per heavy atom. The summed E-state index contributed by atoms with van der Waals surface area (Å²) in [6.07, 6.45) is 0. The third kappa shape index (κ3) is 1.57. The number of carbonyl (C=O) groups excluding carboxylic acids is 1. The second-order valence-corrected chi connectivity index (χ2v) is 3.68. The van der Waals surface area contributed by atoms with Crippen LogP contribution in [0.5, 0.6) is 0 Å². The first kappa shape index (κ1) is 8.21. The fraction of sp³-hybridized carbons (Fsp3) is 0.333. The van der Waals surface area contributed by atoms with Gasteiger partial charge in [0, 0.05) is 7.05 Å². The lowest BCUT2D eigenvalue weighted by Gasteiger charge is -2.24. The third-order valence-electron chi connectivity index (χ3n) is 1.05. The van der Waals surface area contributed by atoms with Gasteiger partial charge in [0.15, 0.2) is 5.11 Å². The Balaban J connectivity index is 2.96. The molecule has 1 aliphatic heterocycles. The van der Waals surface area contributed by atoms with Crippen molar-refractivity contribution < 1.29 is 13.2 Å². The van der Waals surface area contributed by atoms with Crippen molar-refractivity contribution in [2.45, 2.75) is 0 Å². The van der Waals surface area contributed by atoms with Gasteiger partial charge < -0.3 is 0 Å². The van der Waals surface area contributed by atoms with Gasteiger partial charge in [-0.1, -0.05) is 0 Å². The van der Waals surface area contributed by atoms with Crippen molar-refractivity contribution in [3.05, 3.63) is 0 Å². The van der Waals surface area contributed by atoms with E-state index in [1.54, 1.807) is 4.72 Å². The van der Waals surface area contributed by atoms with E-state index in [2.05, 4.69) is 12.2 Å². The van der Waals surface area contributed by atoms with Crippen LogP contribution < -0.4 is 9.44 Å². The van der Waals surface area contributed by atoms with E-state index in [4.69, 9.17) is 0 Å². The molecule has 2 N–H and O–H groups in total. The maximum atomic E-state index is 10.7. The third-order valence-corrected chi connectivity index (χ3v) is 2.46. The summed E-state index contributed by atoms with van der Waals surface area (Å²) in [6.45, 7) is 0. The van der Waals surface area contributed by atoms with Crippen LogP contribution in [-0.2, 0) is 10.2 Å². The fourth-order valence-electron chi connectivity index (χ4n) is 0.485. The molecule has 0 saturated carbocycles. The second-order valence-electron chi connectivity index (χ2n) is 1.88. The lowest BCUT2D eigenvalue weighted by atomic mass is 10.8. The van der Waals surface area contributed by atoms with Crippen LogP contribution in [0.15, 0.2) is 0 Å². The van der Waals surface area contributed by atoms with Crippen LogP contribution >= 0.6 is 12.2 Å². The van der Waals surface area contributed by atoms with Crippen molar-refractivity contribution in [1.82, 2.24) is 14.3 Å². The van der Waals surface area contributed by atoms with Gasteiger partial charge in [0.1, 0.15) is 0 Å². The summed E-state index contributed by atoms with van der Waals surface area (Å²) in [7, 11) is -2.39. The van der Waals surface area contributed by atoms with Crippen molar-refractivity contribution in [2.24, 2.45) is 0 Å². The molecule has 2 amide bonds. The molecule has 0 aromatic carbocycles. The van der Waals surface area contributed by atoms with Gasteiger partial charge in [0.25, 0.3) is 0 Å². The zero-order valence-electron chi connectivity index (χ0n) is 5.49. The van der Waals surface area contributed by atoms with Gasteiger partial charge >= 0.3 is 16.2 Å². The zero-order chi connectivity index (χ0) is 8.65. The van der Waals surface area contributed by atoms with E-state index in [0.717, 1.165) is 4.90 Å². The van der Waals surface area contributed by atoms with Crippen molar-refractivity contribution in [3.8, 4) is 0 Å². The van der Waals surface area contributed by atoms with Gasteiger partial charge in [-0.15, -0.1) is 0 Å². The van der Waals surface area contributed by atoms with E-state index in [0.29, 0.717) is 0 Å². The SMILES string of the molecule is CN1C(=O)NS(=O)(=O)NC1=S. The molecule has 1 rings (SSSR count). The topological polar surface area (TPSA) is 78.5 Å². The van der Waals surface area contributed by atoms with Crippen LogP contribution in [0.4, 0.5) is 4.79 Å². The maximum absolute atomic E-state index is 10.7. The second kappa shape index (κ2) is 2.31. The molecule has 0 spiro atoms. The highest BCUT2D eigenvalue weighted by Crippen LogP contribution is 1.95. The Morgan fingerprint density at radius 2 is 2.00 bits per heavy atom. The minimum atomic E-state index is -3.75. The molecule has 0 bridgehead atoms. The molecular formula is C3H5N3O3S2. The lowest BCUT2D eigenvalue weighted by Crippen LogP contribution is -2.58. The van der Waals surface area contributed by atoms with Crippen molar-refractivity contribution in [3.63, 3.8) is 0 Å². The average Bonchev–Trinajstić information content (AvgIpc) is 1.81. The molecule has 1 saturated heterocycles. The van der Waals surface area contributed by atoms with Gasteiger partial charge in [-0.2, -0.15) is 8.42 Å². The van der Waals surface area contributed by atoms with Crippen LogP contribution in [0, 0.1) is 0 Å². The highest BCUT2D eigenvalue weighted by atomic mass is 32.2. The van der Waals surface area contributed by atoms with Gasteiger partial charge in [0.2, 0.25) is 0 Å². The van der Waals surface area contributed by atoms with E-state index in [1.807, 2.05) is 4.72 Å². The van der Waals surface area contributed by atoms with Crippen LogP contribution in [0.1, 0.15) is 0 Å². The number of rotatable bonds is 0. The van der Waals surface area contributed by atoms with E-state index >= 15 is 0 Å². The summed E-state index contributed by atoms with van der Waals surface area (Å²) < 4.78 is 24.9. The van der Waals surface area contributed by atoms with Crippen LogP contribution in [0.25, 0.3) is 0 Å². The van der Waals surface area contributed by atoms with Crippen LogP contribution in [0.2, 0.25) is 0 Å². The predicted octanol–water partition coefficient (Wildman–Crippen LogP) is -1.24. The van der Waals surface area contributed by atoms with E-state index in [9.17, 15) is 13.2 Å². The summed E-state index contributed by atoms with van der Waals surface area (Å²) in [6, 6.07) is -0.756. The molecule has 6 nitrogen and oxygen atoms in total. The molecule has 1 fully saturated rings. The number of carbonyl (C=O) groups is 1. The molecule has 1 aliphatic rings. The normalized spacial score (nSPS) is 22.5. The number of nitrogens with one attached hydrogen (secondary N) is 2. The smallest absolute Gasteiger partial charge is 0.272 e. The number of urea groups is 1. The first-order valence-corrected chi connectivity index (χ1v) is 4.44. The Bertz CT molecular complexity index is 284. The molecule has 0 aliphatic carbocycles. The number of hydrogen-bond acceptors (Lipinski definition) is 4. The minimum absolute atomic E-state index is 0.131. The van der Waals surface area contributed by atoms with Crippen molar-refractivity contribution >= 4 is 33.6 Å². The molecule has 0 radical (unpaired) electrons. The molecule has 62 valence electrons.